The number of piperidine rings is 1. The Morgan fingerprint density at radius 1 is 1.15 bits per heavy atom. The molecule has 1 aliphatic rings. The number of carbonyl (C=O) groups excluding carboxylic acids is 2. The van der Waals surface area contributed by atoms with Gasteiger partial charge >= 0.3 is 0 Å². The number of pyridine rings is 1. The van der Waals surface area contributed by atoms with Crippen molar-refractivity contribution in [1.29, 1.82) is 0 Å². The first-order chi connectivity index (χ1) is 12.7. The summed E-state index contributed by atoms with van der Waals surface area (Å²) in [7, 11) is 0. The van der Waals surface area contributed by atoms with Crippen molar-refractivity contribution in [3.63, 3.8) is 0 Å². The summed E-state index contributed by atoms with van der Waals surface area (Å²) in [5.74, 6) is 1.42. The number of hydrogen-bond acceptors (Lipinski definition) is 4. The summed E-state index contributed by atoms with van der Waals surface area (Å²) in [6.45, 7) is 1.25. The van der Waals surface area contributed by atoms with Gasteiger partial charge in [0.05, 0.1) is 5.75 Å². The Hall–Kier alpha value is -2.34. The van der Waals surface area contributed by atoms with Crippen LogP contribution in [-0.4, -0.2) is 29.1 Å². The van der Waals surface area contributed by atoms with Crippen LogP contribution in [-0.2, 0) is 21.9 Å². The second kappa shape index (κ2) is 9.38. The summed E-state index contributed by atoms with van der Waals surface area (Å²) in [4.78, 5) is 29.9. The number of benzene rings is 1. The molecule has 2 aromatic rings. The summed E-state index contributed by atoms with van der Waals surface area (Å²) in [6.07, 6.45) is 6.16. The van der Waals surface area contributed by atoms with Gasteiger partial charge in [0.25, 0.3) is 0 Å². The van der Waals surface area contributed by atoms with Crippen molar-refractivity contribution >= 4 is 29.3 Å². The zero-order valence-electron chi connectivity index (χ0n) is 14.7. The Bertz CT molecular complexity index is 752. The average Bonchev–Trinajstić information content (AvgIpc) is 2.68. The van der Waals surface area contributed by atoms with E-state index < -0.39 is 0 Å². The third kappa shape index (κ3) is 5.33. The number of nitrogens with one attached hydrogen (secondary N) is 1. The number of nitrogens with zero attached hydrogens (tertiary/aromatic N) is 2. The fourth-order valence-corrected chi connectivity index (χ4v) is 3.72. The molecule has 6 heteroatoms. The van der Waals surface area contributed by atoms with E-state index in [2.05, 4.69) is 10.3 Å². The fourth-order valence-electron chi connectivity index (χ4n) is 2.91. The average molecular weight is 369 g/mol. The maximum Gasteiger partial charge on any atom is 0.230 e. The van der Waals surface area contributed by atoms with Crippen molar-refractivity contribution in [2.45, 2.75) is 31.6 Å². The molecular weight excluding hydrogens is 346 g/mol. The predicted molar refractivity (Wildman–Crippen MR) is 105 cm³/mol. The van der Waals surface area contributed by atoms with Crippen LogP contribution in [0.15, 0.2) is 48.8 Å². The molecule has 1 aromatic carbocycles. The molecule has 1 fully saturated rings. The lowest BCUT2D eigenvalue weighted by atomic mass is 10.1. The zero-order chi connectivity index (χ0) is 18.2. The summed E-state index contributed by atoms with van der Waals surface area (Å²) in [5.41, 5.74) is 3.10. The smallest absolute Gasteiger partial charge is 0.230 e. The van der Waals surface area contributed by atoms with Gasteiger partial charge in [0.15, 0.2) is 0 Å². The molecule has 0 bridgehead atoms. The third-order valence-electron chi connectivity index (χ3n) is 4.29. The van der Waals surface area contributed by atoms with Gasteiger partial charge in [-0.15, -0.1) is 11.8 Å². The van der Waals surface area contributed by atoms with Gasteiger partial charge < -0.3 is 10.2 Å². The second-order valence-corrected chi connectivity index (χ2v) is 7.28. The highest BCUT2D eigenvalue weighted by atomic mass is 32.2. The van der Waals surface area contributed by atoms with E-state index in [1.807, 2.05) is 41.3 Å². The highest BCUT2D eigenvalue weighted by Crippen LogP contribution is 2.22. The van der Waals surface area contributed by atoms with Gasteiger partial charge in [-0.3, -0.25) is 14.6 Å². The first-order valence-electron chi connectivity index (χ1n) is 8.85. The molecule has 0 radical (unpaired) electrons. The van der Waals surface area contributed by atoms with Crippen LogP contribution in [0.2, 0.25) is 0 Å². The largest absolute Gasteiger partial charge is 0.351 e. The number of thioether (sulfide) groups is 1. The SMILES string of the molecule is O=C(CSCc1ccncc1)NCc1cccc(N2CCCCC2=O)c1. The van der Waals surface area contributed by atoms with Crippen LogP contribution in [0.25, 0.3) is 0 Å². The molecule has 136 valence electrons. The Labute approximate surface area is 158 Å². The fraction of sp³-hybridized carbons (Fsp3) is 0.350. The van der Waals surface area contributed by atoms with E-state index in [0.717, 1.165) is 42.0 Å². The standard InChI is InChI=1S/C20H23N3O2S/c24-19(15-26-14-16-7-9-21-10-8-16)22-13-17-4-3-5-18(12-17)23-11-2-1-6-20(23)25/h3-5,7-10,12H,1-2,6,11,13-15H2,(H,22,24). The van der Waals surface area contributed by atoms with Gasteiger partial charge in [-0.1, -0.05) is 12.1 Å². The Kier molecular flexibility index (Phi) is 6.66. The van der Waals surface area contributed by atoms with Gasteiger partial charge in [-0.25, -0.2) is 0 Å². The van der Waals surface area contributed by atoms with Crippen molar-refractivity contribution in [3.05, 3.63) is 59.9 Å². The van der Waals surface area contributed by atoms with Crippen molar-refractivity contribution in [3.8, 4) is 0 Å². The minimum absolute atomic E-state index is 0.0171. The van der Waals surface area contributed by atoms with Crippen LogP contribution in [0, 0.1) is 0 Å². The lowest BCUT2D eigenvalue weighted by Gasteiger charge is -2.27. The molecule has 0 unspecified atom stereocenters. The summed E-state index contributed by atoms with van der Waals surface area (Å²) >= 11 is 1.58. The van der Waals surface area contributed by atoms with Crippen LogP contribution < -0.4 is 10.2 Å². The molecule has 0 saturated carbocycles. The topological polar surface area (TPSA) is 62.3 Å². The lowest BCUT2D eigenvalue weighted by molar-refractivity contribution is -0.120. The maximum absolute atomic E-state index is 12.1. The van der Waals surface area contributed by atoms with E-state index in [9.17, 15) is 9.59 Å². The third-order valence-corrected chi connectivity index (χ3v) is 5.29. The molecule has 2 amide bonds. The number of rotatable bonds is 7. The Morgan fingerprint density at radius 2 is 2.00 bits per heavy atom. The number of amides is 2. The van der Waals surface area contributed by atoms with Crippen LogP contribution in [0.1, 0.15) is 30.4 Å². The van der Waals surface area contributed by atoms with Crippen molar-refractivity contribution < 1.29 is 9.59 Å². The van der Waals surface area contributed by atoms with Crippen molar-refractivity contribution in [1.82, 2.24) is 10.3 Å². The molecule has 1 saturated heterocycles. The van der Waals surface area contributed by atoms with Gasteiger partial charge in [0.1, 0.15) is 0 Å². The molecule has 3 rings (SSSR count). The van der Waals surface area contributed by atoms with E-state index in [1.54, 1.807) is 24.2 Å². The second-order valence-electron chi connectivity index (χ2n) is 6.30. The molecule has 1 N–H and O–H groups in total. The molecular formula is C20H23N3O2S. The Morgan fingerprint density at radius 3 is 2.81 bits per heavy atom. The summed E-state index contributed by atoms with van der Waals surface area (Å²) < 4.78 is 0. The number of aromatic nitrogens is 1. The molecule has 26 heavy (non-hydrogen) atoms. The molecule has 0 aliphatic carbocycles. The molecule has 0 atom stereocenters. The van der Waals surface area contributed by atoms with Gasteiger partial charge in [-0.2, -0.15) is 0 Å². The number of hydrogen-bond donors (Lipinski definition) is 1. The van der Waals surface area contributed by atoms with E-state index in [-0.39, 0.29) is 11.8 Å². The highest BCUT2D eigenvalue weighted by molar-refractivity contribution is 7.99. The van der Waals surface area contributed by atoms with E-state index in [4.69, 9.17) is 0 Å². The van der Waals surface area contributed by atoms with E-state index in [1.165, 1.54) is 0 Å². The Balaban J connectivity index is 1.46. The monoisotopic (exact) mass is 369 g/mol. The minimum Gasteiger partial charge on any atom is -0.351 e. The van der Waals surface area contributed by atoms with E-state index >= 15 is 0 Å². The quantitative estimate of drug-likeness (QED) is 0.814. The van der Waals surface area contributed by atoms with Crippen LogP contribution >= 0.6 is 11.8 Å². The minimum atomic E-state index is 0.0171. The summed E-state index contributed by atoms with van der Waals surface area (Å²) in [5, 5.41) is 2.95. The van der Waals surface area contributed by atoms with Gasteiger partial charge in [0, 0.05) is 43.3 Å². The molecule has 2 heterocycles. The van der Waals surface area contributed by atoms with Gasteiger partial charge in [-0.05, 0) is 48.2 Å². The molecule has 1 aromatic heterocycles. The first kappa shape index (κ1) is 18.5. The van der Waals surface area contributed by atoms with Crippen molar-refractivity contribution in [2.75, 3.05) is 17.2 Å². The van der Waals surface area contributed by atoms with Gasteiger partial charge in [0.2, 0.25) is 11.8 Å². The highest BCUT2D eigenvalue weighted by Gasteiger charge is 2.19. The molecule has 0 spiro atoms. The summed E-state index contributed by atoms with van der Waals surface area (Å²) in [6, 6.07) is 11.8. The maximum atomic E-state index is 12.1. The van der Waals surface area contributed by atoms with Crippen LogP contribution in [0.3, 0.4) is 0 Å². The lowest BCUT2D eigenvalue weighted by Crippen LogP contribution is -2.35. The molecule has 5 nitrogen and oxygen atoms in total. The number of carbonyl (C=O) groups is 2. The number of anilines is 1. The van der Waals surface area contributed by atoms with E-state index in [0.29, 0.717) is 18.7 Å². The first-order valence-corrected chi connectivity index (χ1v) is 10.0. The normalized spacial score (nSPS) is 14.3. The van der Waals surface area contributed by atoms with Crippen LogP contribution in [0.4, 0.5) is 5.69 Å². The van der Waals surface area contributed by atoms with Crippen molar-refractivity contribution in [2.24, 2.45) is 0 Å². The predicted octanol–water partition coefficient (Wildman–Crippen LogP) is 3.15. The van der Waals surface area contributed by atoms with Crippen LogP contribution in [0.5, 0.6) is 0 Å². The molecule has 1 aliphatic heterocycles. The zero-order valence-corrected chi connectivity index (χ0v) is 15.5.